The van der Waals surface area contributed by atoms with Gasteiger partial charge >= 0.3 is 0 Å². The zero-order valence-electron chi connectivity index (χ0n) is 17.7. The van der Waals surface area contributed by atoms with E-state index < -0.39 is 0 Å². The SMILES string of the molecule is COc1cc2ccccc2cc1C(=O)N(CC[NH+](C)C)c1nc2c(C)cccc2s1. The fourth-order valence-corrected chi connectivity index (χ4v) is 4.58. The lowest BCUT2D eigenvalue weighted by Crippen LogP contribution is -3.06. The summed E-state index contributed by atoms with van der Waals surface area (Å²) in [6, 6.07) is 18.0. The summed E-state index contributed by atoms with van der Waals surface area (Å²) in [6.45, 7) is 3.45. The standard InChI is InChI=1S/C24H25N3O2S/c1-16-8-7-11-21-22(16)25-24(30-21)27(13-12-26(2)3)23(28)19-14-17-9-5-6-10-18(17)15-20(19)29-4/h5-11,14-15H,12-13H2,1-4H3/p+1. The summed E-state index contributed by atoms with van der Waals surface area (Å²) in [5.41, 5.74) is 2.63. The minimum atomic E-state index is -0.0874. The Labute approximate surface area is 180 Å². The smallest absolute Gasteiger partial charge is 0.264 e. The van der Waals surface area contributed by atoms with Crippen molar-refractivity contribution >= 4 is 43.4 Å². The maximum Gasteiger partial charge on any atom is 0.264 e. The number of nitrogens with one attached hydrogen (secondary N) is 1. The van der Waals surface area contributed by atoms with E-state index in [-0.39, 0.29) is 5.91 Å². The molecule has 1 heterocycles. The van der Waals surface area contributed by atoms with Crippen LogP contribution in [0.2, 0.25) is 0 Å². The zero-order valence-corrected chi connectivity index (χ0v) is 18.5. The van der Waals surface area contributed by atoms with Crippen LogP contribution in [0.25, 0.3) is 21.0 Å². The Morgan fingerprint density at radius 1 is 1.10 bits per heavy atom. The quantitative estimate of drug-likeness (QED) is 0.519. The van der Waals surface area contributed by atoms with Gasteiger partial charge in [0, 0.05) is 0 Å². The number of aryl methyl sites for hydroxylation is 1. The van der Waals surface area contributed by atoms with E-state index in [0.717, 1.165) is 38.2 Å². The van der Waals surface area contributed by atoms with E-state index >= 15 is 0 Å². The lowest BCUT2D eigenvalue weighted by Gasteiger charge is -2.22. The molecule has 0 radical (unpaired) electrons. The Kier molecular flexibility index (Phi) is 5.70. The molecular weight excluding hydrogens is 394 g/mol. The maximum atomic E-state index is 13.7. The van der Waals surface area contributed by atoms with Gasteiger partial charge in [-0.05, 0) is 41.5 Å². The number of benzene rings is 3. The predicted molar refractivity (Wildman–Crippen MR) is 124 cm³/mol. The van der Waals surface area contributed by atoms with Crippen molar-refractivity contribution in [1.82, 2.24) is 4.98 Å². The van der Waals surface area contributed by atoms with Crippen LogP contribution >= 0.6 is 11.3 Å². The number of likely N-dealkylation sites (N-methyl/N-ethyl adjacent to an activating group) is 1. The van der Waals surface area contributed by atoms with Gasteiger partial charge in [-0.2, -0.15) is 0 Å². The Balaban J connectivity index is 1.81. The molecule has 0 saturated carbocycles. The highest BCUT2D eigenvalue weighted by atomic mass is 32.1. The Hall–Kier alpha value is -2.96. The Bertz CT molecular complexity index is 1220. The summed E-state index contributed by atoms with van der Waals surface area (Å²) in [6.07, 6.45) is 0. The number of fused-ring (bicyclic) bond motifs is 2. The van der Waals surface area contributed by atoms with E-state index in [1.165, 1.54) is 4.90 Å². The molecule has 4 rings (SSSR count). The second-order valence-corrected chi connectivity index (χ2v) is 8.74. The number of amides is 1. The molecule has 0 fully saturated rings. The average Bonchev–Trinajstić information content (AvgIpc) is 3.18. The molecular formula is C24H26N3O2S+. The number of nitrogens with zero attached hydrogens (tertiary/aromatic N) is 2. The number of carbonyl (C=O) groups is 1. The van der Waals surface area contributed by atoms with Crippen molar-refractivity contribution in [2.45, 2.75) is 6.92 Å². The first-order valence-electron chi connectivity index (χ1n) is 10.0. The number of hydrogen-bond donors (Lipinski definition) is 1. The summed E-state index contributed by atoms with van der Waals surface area (Å²) in [4.78, 5) is 21.6. The average molecular weight is 421 g/mol. The van der Waals surface area contributed by atoms with Crippen molar-refractivity contribution in [3.05, 3.63) is 65.7 Å². The van der Waals surface area contributed by atoms with Crippen molar-refractivity contribution in [2.24, 2.45) is 0 Å². The van der Waals surface area contributed by atoms with Gasteiger partial charge in [0.05, 0.1) is 50.1 Å². The molecule has 0 spiro atoms. The largest absolute Gasteiger partial charge is 0.496 e. The molecule has 0 aliphatic rings. The molecule has 5 nitrogen and oxygen atoms in total. The molecule has 0 aliphatic carbocycles. The Morgan fingerprint density at radius 3 is 2.50 bits per heavy atom. The Morgan fingerprint density at radius 2 is 1.83 bits per heavy atom. The highest BCUT2D eigenvalue weighted by molar-refractivity contribution is 7.22. The molecule has 4 aromatic rings. The molecule has 0 atom stereocenters. The van der Waals surface area contributed by atoms with Gasteiger partial charge in [0.15, 0.2) is 5.13 Å². The number of hydrogen-bond acceptors (Lipinski definition) is 4. The molecule has 1 aromatic heterocycles. The van der Waals surface area contributed by atoms with Gasteiger partial charge in [-0.25, -0.2) is 4.98 Å². The first kappa shape index (κ1) is 20.3. The number of ether oxygens (including phenoxy) is 1. The molecule has 0 aliphatic heterocycles. The molecule has 6 heteroatoms. The second-order valence-electron chi connectivity index (χ2n) is 7.73. The minimum Gasteiger partial charge on any atom is -0.496 e. The second kappa shape index (κ2) is 8.42. The summed E-state index contributed by atoms with van der Waals surface area (Å²) in [5, 5.41) is 2.78. The van der Waals surface area contributed by atoms with Crippen LogP contribution in [-0.4, -0.2) is 45.2 Å². The third-order valence-electron chi connectivity index (χ3n) is 5.22. The first-order chi connectivity index (χ1) is 14.5. The van der Waals surface area contributed by atoms with Gasteiger partial charge in [0.2, 0.25) is 0 Å². The van der Waals surface area contributed by atoms with E-state index in [1.54, 1.807) is 23.3 Å². The van der Waals surface area contributed by atoms with Crippen LogP contribution in [0.5, 0.6) is 5.75 Å². The van der Waals surface area contributed by atoms with E-state index in [2.05, 4.69) is 20.2 Å². The lowest BCUT2D eigenvalue weighted by atomic mass is 10.0. The molecule has 1 N–H and O–H groups in total. The van der Waals surface area contributed by atoms with Gasteiger partial charge in [-0.3, -0.25) is 9.69 Å². The van der Waals surface area contributed by atoms with Gasteiger partial charge in [0.1, 0.15) is 5.75 Å². The molecule has 30 heavy (non-hydrogen) atoms. The van der Waals surface area contributed by atoms with Gasteiger partial charge in [0.25, 0.3) is 5.91 Å². The van der Waals surface area contributed by atoms with Crippen LogP contribution in [-0.2, 0) is 0 Å². The fraction of sp³-hybridized carbons (Fsp3) is 0.250. The predicted octanol–water partition coefficient (Wildman–Crippen LogP) is 3.56. The zero-order chi connectivity index (χ0) is 21.3. The normalized spacial score (nSPS) is 11.4. The van der Waals surface area contributed by atoms with Crippen molar-refractivity contribution in [3.8, 4) is 5.75 Å². The van der Waals surface area contributed by atoms with E-state index in [9.17, 15) is 4.79 Å². The third-order valence-corrected chi connectivity index (χ3v) is 6.26. The van der Waals surface area contributed by atoms with Crippen molar-refractivity contribution < 1.29 is 14.4 Å². The third kappa shape index (κ3) is 3.88. The topological polar surface area (TPSA) is 46.9 Å². The molecule has 0 saturated heterocycles. The minimum absolute atomic E-state index is 0.0874. The summed E-state index contributed by atoms with van der Waals surface area (Å²) in [5.74, 6) is 0.494. The monoisotopic (exact) mass is 420 g/mol. The van der Waals surface area contributed by atoms with Gasteiger partial charge < -0.3 is 9.64 Å². The van der Waals surface area contributed by atoms with E-state index in [4.69, 9.17) is 9.72 Å². The molecule has 0 bridgehead atoms. The highest BCUT2D eigenvalue weighted by Crippen LogP contribution is 2.33. The van der Waals surface area contributed by atoms with Crippen LogP contribution in [0.4, 0.5) is 5.13 Å². The van der Waals surface area contributed by atoms with Gasteiger partial charge in [-0.15, -0.1) is 0 Å². The van der Waals surface area contributed by atoms with Crippen LogP contribution in [0.15, 0.2) is 54.6 Å². The van der Waals surface area contributed by atoms with Crippen molar-refractivity contribution in [1.29, 1.82) is 0 Å². The highest BCUT2D eigenvalue weighted by Gasteiger charge is 2.25. The summed E-state index contributed by atoms with van der Waals surface area (Å²) in [7, 11) is 5.78. The number of aromatic nitrogens is 1. The van der Waals surface area contributed by atoms with E-state index in [0.29, 0.717) is 17.9 Å². The molecule has 154 valence electrons. The van der Waals surface area contributed by atoms with Crippen LogP contribution in [0, 0.1) is 6.92 Å². The molecule has 0 unspecified atom stereocenters. The van der Waals surface area contributed by atoms with Crippen LogP contribution in [0.3, 0.4) is 0 Å². The summed E-state index contributed by atoms with van der Waals surface area (Å²) >= 11 is 1.56. The number of methoxy groups -OCH3 is 1. The van der Waals surface area contributed by atoms with Gasteiger partial charge in [-0.1, -0.05) is 47.7 Å². The molecule has 1 amide bonds. The number of quaternary nitrogens is 1. The lowest BCUT2D eigenvalue weighted by molar-refractivity contribution is -0.856. The number of thiazole rings is 1. The molecule has 3 aromatic carbocycles. The van der Waals surface area contributed by atoms with Crippen LogP contribution < -0.4 is 14.5 Å². The van der Waals surface area contributed by atoms with Crippen molar-refractivity contribution in [3.63, 3.8) is 0 Å². The van der Waals surface area contributed by atoms with E-state index in [1.807, 2.05) is 55.5 Å². The first-order valence-corrected chi connectivity index (χ1v) is 10.8. The summed E-state index contributed by atoms with van der Waals surface area (Å²) < 4.78 is 6.68. The number of carbonyl (C=O) groups excluding carboxylic acids is 1. The fourth-order valence-electron chi connectivity index (χ4n) is 3.51. The van der Waals surface area contributed by atoms with Crippen LogP contribution in [0.1, 0.15) is 15.9 Å². The number of rotatable bonds is 6. The van der Waals surface area contributed by atoms with Crippen molar-refractivity contribution in [2.75, 3.05) is 39.2 Å². The number of para-hydroxylation sites is 1. The number of anilines is 1. The maximum absolute atomic E-state index is 13.7.